The number of H-pyrrole nitrogens is 1. The van der Waals surface area contributed by atoms with Gasteiger partial charge in [0.25, 0.3) is 0 Å². The molecule has 5 heteroatoms. The Labute approximate surface area is 92.2 Å². The zero-order chi connectivity index (χ0) is 9.42. The van der Waals surface area contributed by atoms with E-state index in [4.69, 9.17) is 11.6 Å². The lowest BCUT2D eigenvalue weighted by Crippen LogP contribution is -2.09. The van der Waals surface area contributed by atoms with Gasteiger partial charge in [-0.05, 0) is 34.7 Å². The van der Waals surface area contributed by atoms with E-state index in [1.165, 1.54) is 0 Å². The molecular formula is C8H4ClIN2O. The van der Waals surface area contributed by atoms with Crippen LogP contribution in [0.5, 0.6) is 0 Å². The van der Waals surface area contributed by atoms with Crippen molar-refractivity contribution in [3.63, 3.8) is 0 Å². The minimum atomic E-state index is -0.0862. The van der Waals surface area contributed by atoms with Crippen LogP contribution in [-0.4, -0.2) is 10.2 Å². The first-order valence-corrected chi connectivity index (χ1v) is 4.98. The quantitative estimate of drug-likeness (QED) is 0.758. The third-order valence-corrected chi connectivity index (χ3v) is 2.76. The number of benzene rings is 1. The molecule has 2 aromatic rings. The topological polar surface area (TPSA) is 45.8 Å². The maximum Gasteiger partial charge on any atom is 0.221 e. The van der Waals surface area contributed by atoms with Gasteiger partial charge in [0, 0.05) is 0 Å². The molecule has 0 saturated heterocycles. The minimum absolute atomic E-state index is 0.0862. The van der Waals surface area contributed by atoms with Crippen molar-refractivity contribution in [2.75, 3.05) is 0 Å². The molecule has 1 N–H and O–H groups in total. The number of hydrogen-bond donors (Lipinski definition) is 1. The fourth-order valence-electron chi connectivity index (χ4n) is 1.09. The molecule has 0 amide bonds. The molecule has 0 aliphatic carbocycles. The van der Waals surface area contributed by atoms with Crippen LogP contribution in [0.3, 0.4) is 0 Å². The van der Waals surface area contributed by atoms with Gasteiger partial charge in [-0.25, -0.2) is 0 Å². The highest BCUT2D eigenvalue weighted by molar-refractivity contribution is 14.1. The van der Waals surface area contributed by atoms with Crippen LogP contribution in [0.4, 0.5) is 0 Å². The van der Waals surface area contributed by atoms with Gasteiger partial charge in [-0.1, -0.05) is 17.7 Å². The molecule has 1 heterocycles. The van der Waals surface area contributed by atoms with Crippen molar-refractivity contribution in [1.29, 1.82) is 0 Å². The molecule has 0 bridgehead atoms. The molecular weight excluding hydrogens is 302 g/mol. The maximum atomic E-state index is 11.5. The number of nitrogens with zero attached hydrogens (tertiary/aromatic N) is 1. The monoisotopic (exact) mass is 306 g/mol. The highest BCUT2D eigenvalue weighted by Gasteiger charge is 2.05. The summed E-state index contributed by atoms with van der Waals surface area (Å²) in [6.07, 6.45) is 0. The summed E-state index contributed by atoms with van der Waals surface area (Å²) in [5.74, 6) is 0. The third-order valence-electron chi connectivity index (χ3n) is 1.71. The molecule has 1 aromatic carbocycles. The maximum absolute atomic E-state index is 11.5. The predicted octanol–water partition coefficient (Wildman–Crippen LogP) is 2.18. The van der Waals surface area contributed by atoms with Crippen molar-refractivity contribution in [2.24, 2.45) is 0 Å². The van der Waals surface area contributed by atoms with Crippen molar-refractivity contribution in [3.05, 3.63) is 37.1 Å². The summed E-state index contributed by atoms with van der Waals surface area (Å²) in [6.45, 7) is 0. The fraction of sp³-hybridized carbons (Fsp3) is 0. The summed E-state index contributed by atoms with van der Waals surface area (Å²) in [5, 5.41) is 7.66. The van der Waals surface area contributed by atoms with E-state index in [0.29, 0.717) is 19.6 Å². The first-order chi connectivity index (χ1) is 6.20. The number of fused-ring (bicyclic) bond motifs is 1. The number of para-hydroxylation sites is 1. The second-order valence-electron chi connectivity index (χ2n) is 2.51. The molecule has 0 unspecified atom stereocenters. The number of halogens is 2. The molecule has 2 rings (SSSR count). The Morgan fingerprint density at radius 3 is 3.00 bits per heavy atom. The molecule has 0 atom stereocenters. The van der Waals surface area contributed by atoms with E-state index in [9.17, 15) is 4.79 Å². The van der Waals surface area contributed by atoms with Gasteiger partial charge in [0.05, 0.1) is 15.9 Å². The highest BCUT2D eigenvalue weighted by atomic mass is 127. The van der Waals surface area contributed by atoms with E-state index in [1.54, 1.807) is 18.2 Å². The van der Waals surface area contributed by atoms with Crippen LogP contribution in [0.15, 0.2) is 23.0 Å². The SMILES string of the molecule is O=c1c(I)n[nH]c2c(Cl)cccc12. The number of nitrogens with one attached hydrogen (secondary N) is 1. The summed E-state index contributed by atoms with van der Waals surface area (Å²) in [4.78, 5) is 11.5. The van der Waals surface area contributed by atoms with Crippen LogP contribution in [0, 0.1) is 3.70 Å². The third kappa shape index (κ3) is 1.44. The van der Waals surface area contributed by atoms with Crippen LogP contribution in [0.25, 0.3) is 10.9 Å². The Hall–Kier alpha value is -0.620. The summed E-state index contributed by atoms with van der Waals surface area (Å²) < 4.78 is 0.423. The van der Waals surface area contributed by atoms with Crippen molar-refractivity contribution in [2.45, 2.75) is 0 Å². The summed E-state index contributed by atoms with van der Waals surface area (Å²) in [6, 6.07) is 5.19. The Kier molecular flexibility index (Phi) is 2.25. The summed E-state index contributed by atoms with van der Waals surface area (Å²) >= 11 is 7.75. The molecule has 13 heavy (non-hydrogen) atoms. The zero-order valence-electron chi connectivity index (χ0n) is 6.34. The Bertz CT molecular complexity index is 523. The fourth-order valence-corrected chi connectivity index (χ4v) is 1.72. The van der Waals surface area contributed by atoms with Crippen LogP contribution < -0.4 is 5.43 Å². The lowest BCUT2D eigenvalue weighted by molar-refractivity contribution is 1.03. The number of aromatic amines is 1. The van der Waals surface area contributed by atoms with Gasteiger partial charge in [0.2, 0.25) is 5.43 Å². The lowest BCUT2D eigenvalue weighted by Gasteiger charge is -1.98. The van der Waals surface area contributed by atoms with Crippen molar-refractivity contribution < 1.29 is 0 Å². The minimum Gasteiger partial charge on any atom is -0.286 e. The van der Waals surface area contributed by atoms with Gasteiger partial charge in [0.15, 0.2) is 3.70 Å². The number of aromatic nitrogens is 2. The zero-order valence-corrected chi connectivity index (χ0v) is 9.26. The normalized spacial score (nSPS) is 10.6. The molecule has 0 radical (unpaired) electrons. The first kappa shape index (κ1) is 8.96. The average molecular weight is 306 g/mol. The van der Waals surface area contributed by atoms with Crippen molar-refractivity contribution in [1.82, 2.24) is 10.2 Å². The van der Waals surface area contributed by atoms with Gasteiger partial charge >= 0.3 is 0 Å². The standard InChI is InChI=1S/C8H4ClIN2O/c9-5-3-1-2-4-6(5)11-12-8(10)7(4)13/h1-3H,(H,11,13). The molecule has 0 saturated carbocycles. The van der Waals surface area contributed by atoms with E-state index in [1.807, 2.05) is 22.6 Å². The first-order valence-electron chi connectivity index (χ1n) is 3.52. The Balaban J connectivity index is 3.03. The molecule has 0 fully saturated rings. The number of hydrogen-bond acceptors (Lipinski definition) is 2. The van der Waals surface area contributed by atoms with Gasteiger partial charge in [-0.2, -0.15) is 5.10 Å². The smallest absolute Gasteiger partial charge is 0.221 e. The van der Waals surface area contributed by atoms with Gasteiger partial charge < -0.3 is 0 Å². The molecule has 66 valence electrons. The molecule has 1 aromatic heterocycles. The summed E-state index contributed by atoms with van der Waals surface area (Å²) in [5.41, 5.74) is 0.506. The van der Waals surface area contributed by atoms with E-state index in [0.717, 1.165) is 0 Å². The van der Waals surface area contributed by atoms with Crippen LogP contribution in [0.2, 0.25) is 5.02 Å². The van der Waals surface area contributed by atoms with E-state index < -0.39 is 0 Å². The lowest BCUT2D eigenvalue weighted by atomic mass is 10.2. The van der Waals surface area contributed by atoms with Gasteiger partial charge in [-0.3, -0.25) is 9.89 Å². The van der Waals surface area contributed by atoms with Crippen molar-refractivity contribution >= 4 is 45.1 Å². The number of rotatable bonds is 0. The predicted molar refractivity (Wildman–Crippen MR) is 60.1 cm³/mol. The highest BCUT2D eigenvalue weighted by Crippen LogP contribution is 2.17. The van der Waals surface area contributed by atoms with E-state index in [2.05, 4.69) is 10.2 Å². The second-order valence-corrected chi connectivity index (χ2v) is 3.93. The van der Waals surface area contributed by atoms with Crippen molar-refractivity contribution in [3.8, 4) is 0 Å². The largest absolute Gasteiger partial charge is 0.286 e. The average Bonchev–Trinajstić information content (AvgIpc) is 2.12. The Morgan fingerprint density at radius 2 is 2.23 bits per heavy atom. The van der Waals surface area contributed by atoms with Gasteiger partial charge in [0.1, 0.15) is 0 Å². The van der Waals surface area contributed by atoms with Crippen LogP contribution in [-0.2, 0) is 0 Å². The van der Waals surface area contributed by atoms with Crippen LogP contribution >= 0.6 is 34.2 Å². The molecule has 0 aliphatic heterocycles. The Morgan fingerprint density at radius 1 is 1.46 bits per heavy atom. The molecule has 0 spiro atoms. The molecule has 0 aliphatic rings. The van der Waals surface area contributed by atoms with Gasteiger partial charge in [-0.15, -0.1) is 0 Å². The van der Waals surface area contributed by atoms with Crippen LogP contribution in [0.1, 0.15) is 0 Å². The second kappa shape index (κ2) is 3.26. The summed E-state index contributed by atoms with van der Waals surface area (Å²) in [7, 11) is 0. The van der Waals surface area contributed by atoms with E-state index in [-0.39, 0.29) is 5.43 Å². The molecule has 3 nitrogen and oxygen atoms in total. The van der Waals surface area contributed by atoms with E-state index >= 15 is 0 Å².